The lowest BCUT2D eigenvalue weighted by Crippen LogP contribution is -2.28. The van der Waals surface area contributed by atoms with Crippen molar-refractivity contribution >= 4 is 29.1 Å². The van der Waals surface area contributed by atoms with Crippen molar-refractivity contribution < 1.29 is 9.53 Å². The number of rotatable bonds is 5. The summed E-state index contributed by atoms with van der Waals surface area (Å²) in [5.74, 6) is -0.221. The van der Waals surface area contributed by atoms with Gasteiger partial charge in [0.15, 0.2) is 0 Å². The lowest BCUT2D eigenvalue weighted by atomic mass is 10.2. The molecule has 1 N–H and O–H groups in total. The molecule has 0 aromatic carbocycles. The standard InChI is InChI=1S/C13H16Cl2N2O2/c14-11-7-9(8-12(15)17-11)13(18)16-5-6-19-10-3-1-2-4-10/h7-8,10H,1-6H2,(H,16,18). The molecule has 1 aromatic heterocycles. The molecule has 1 saturated carbocycles. The van der Waals surface area contributed by atoms with E-state index < -0.39 is 0 Å². The zero-order valence-electron chi connectivity index (χ0n) is 10.5. The van der Waals surface area contributed by atoms with Gasteiger partial charge in [-0.15, -0.1) is 0 Å². The highest BCUT2D eigenvalue weighted by molar-refractivity contribution is 6.33. The fourth-order valence-corrected chi connectivity index (χ4v) is 2.60. The van der Waals surface area contributed by atoms with E-state index in [4.69, 9.17) is 27.9 Å². The lowest BCUT2D eigenvalue weighted by molar-refractivity contribution is 0.0582. The smallest absolute Gasteiger partial charge is 0.251 e. The molecule has 1 aromatic rings. The number of hydrogen-bond donors (Lipinski definition) is 1. The maximum Gasteiger partial charge on any atom is 0.251 e. The van der Waals surface area contributed by atoms with Crippen molar-refractivity contribution in [3.8, 4) is 0 Å². The molecule has 0 bridgehead atoms. The summed E-state index contributed by atoms with van der Waals surface area (Å²) in [4.78, 5) is 15.6. The van der Waals surface area contributed by atoms with Crippen LogP contribution in [0.2, 0.25) is 10.3 Å². The van der Waals surface area contributed by atoms with E-state index in [0.717, 1.165) is 12.8 Å². The Balaban J connectivity index is 1.74. The molecule has 1 aliphatic carbocycles. The van der Waals surface area contributed by atoms with Crippen LogP contribution in [0, 0.1) is 0 Å². The van der Waals surface area contributed by atoms with E-state index in [1.54, 1.807) is 0 Å². The van der Waals surface area contributed by atoms with Gasteiger partial charge >= 0.3 is 0 Å². The van der Waals surface area contributed by atoms with Crippen molar-refractivity contribution in [2.75, 3.05) is 13.2 Å². The molecule has 0 spiro atoms. The molecular weight excluding hydrogens is 287 g/mol. The van der Waals surface area contributed by atoms with Crippen LogP contribution in [-0.4, -0.2) is 30.1 Å². The van der Waals surface area contributed by atoms with Crippen molar-refractivity contribution in [1.29, 1.82) is 0 Å². The van der Waals surface area contributed by atoms with Gasteiger partial charge in [0.25, 0.3) is 5.91 Å². The van der Waals surface area contributed by atoms with E-state index in [1.165, 1.54) is 25.0 Å². The Hall–Kier alpha value is -0.840. The van der Waals surface area contributed by atoms with Crippen LogP contribution < -0.4 is 5.32 Å². The van der Waals surface area contributed by atoms with Crippen LogP contribution in [0.15, 0.2) is 12.1 Å². The molecule has 0 aliphatic heterocycles. The number of hydrogen-bond acceptors (Lipinski definition) is 3. The molecule has 0 radical (unpaired) electrons. The molecule has 2 rings (SSSR count). The molecule has 0 saturated heterocycles. The highest BCUT2D eigenvalue weighted by Crippen LogP contribution is 2.20. The number of carbonyl (C=O) groups excluding carboxylic acids is 1. The molecule has 0 unspecified atom stereocenters. The molecule has 0 atom stereocenters. The summed E-state index contributed by atoms with van der Waals surface area (Å²) in [5.41, 5.74) is 0.408. The second-order valence-corrected chi connectivity index (χ2v) is 5.31. The third-order valence-electron chi connectivity index (χ3n) is 3.07. The van der Waals surface area contributed by atoms with Crippen LogP contribution in [0.25, 0.3) is 0 Å². The molecule has 1 amide bonds. The van der Waals surface area contributed by atoms with Gasteiger partial charge in [-0.05, 0) is 25.0 Å². The van der Waals surface area contributed by atoms with E-state index in [1.807, 2.05) is 0 Å². The molecule has 1 aliphatic rings. The number of nitrogens with one attached hydrogen (secondary N) is 1. The Bertz CT molecular complexity index is 428. The highest BCUT2D eigenvalue weighted by Gasteiger charge is 2.15. The third-order valence-corrected chi connectivity index (χ3v) is 3.46. The summed E-state index contributed by atoms with van der Waals surface area (Å²) in [6.07, 6.45) is 5.10. The lowest BCUT2D eigenvalue weighted by Gasteiger charge is -2.11. The first-order valence-corrected chi connectivity index (χ1v) is 7.13. The van der Waals surface area contributed by atoms with Gasteiger partial charge in [0.1, 0.15) is 10.3 Å². The first kappa shape index (κ1) is 14.6. The molecule has 19 heavy (non-hydrogen) atoms. The van der Waals surface area contributed by atoms with Crippen molar-refractivity contribution in [3.63, 3.8) is 0 Å². The van der Waals surface area contributed by atoms with Gasteiger partial charge in [0.2, 0.25) is 0 Å². The molecule has 4 nitrogen and oxygen atoms in total. The zero-order chi connectivity index (χ0) is 13.7. The van der Waals surface area contributed by atoms with Gasteiger partial charge in [-0.25, -0.2) is 4.98 Å². The predicted octanol–water partition coefficient (Wildman–Crippen LogP) is 3.08. The Morgan fingerprint density at radius 3 is 2.58 bits per heavy atom. The fourth-order valence-electron chi connectivity index (χ4n) is 2.14. The number of carbonyl (C=O) groups is 1. The Labute approximate surface area is 122 Å². The summed E-state index contributed by atoms with van der Waals surface area (Å²) < 4.78 is 5.66. The summed E-state index contributed by atoms with van der Waals surface area (Å²) >= 11 is 11.5. The average molecular weight is 303 g/mol. The van der Waals surface area contributed by atoms with E-state index in [-0.39, 0.29) is 16.2 Å². The molecule has 1 fully saturated rings. The Morgan fingerprint density at radius 2 is 1.95 bits per heavy atom. The number of ether oxygens (including phenoxy) is 1. The van der Waals surface area contributed by atoms with Crippen LogP contribution in [0.1, 0.15) is 36.0 Å². The Kier molecular flexibility index (Phi) is 5.43. The fraction of sp³-hybridized carbons (Fsp3) is 0.538. The first-order chi connectivity index (χ1) is 9.15. The zero-order valence-corrected chi connectivity index (χ0v) is 12.0. The van der Waals surface area contributed by atoms with Gasteiger partial charge in [-0.1, -0.05) is 36.0 Å². The second kappa shape index (κ2) is 7.08. The maximum atomic E-state index is 11.8. The molecular formula is C13H16Cl2N2O2. The van der Waals surface area contributed by atoms with Crippen molar-refractivity contribution in [3.05, 3.63) is 28.0 Å². The number of amides is 1. The topological polar surface area (TPSA) is 51.2 Å². The minimum absolute atomic E-state index is 0.208. The number of pyridine rings is 1. The SMILES string of the molecule is O=C(NCCOC1CCCC1)c1cc(Cl)nc(Cl)c1. The number of halogens is 2. The van der Waals surface area contributed by atoms with E-state index in [9.17, 15) is 4.79 Å². The summed E-state index contributed by atoms with van der Waals surface area (Å²) in [6.45, 7) is 1.01. The van der Waals surface area contributed by atoms with Gasteiger partial charge in [0.05, 0.1) is 12.7 Å². The van der Waals surface area contributed by atoms with Gasteiger partial charge in [-0.3, -0.25) is 4.79 Å². The highest BCUT2D eigenvalue weighted by atomic mass is 35.5. The predicted molar refractivity (Wildman–Crippen MR) is 74.8 cm³/mol. The van der Waals surface area contributed by atoms with Crippen LogP contribution in [0.3, 0.4) is 0 Å². The van der Waals surface area contributed by atoms with Crippen LogP contribution >= 0.6 is 23.2 Å². The minimum Gasteiger partial charge on any atom is -0.376 e. The molecule has 1 heterocycles. The first-order valence-electron chi connectivity index (χ1n) is 6.38. The van der Waals surface area contributed by atoms with E-state index in [0.29, 0.717) is 24.8 Å². The van der Waals surface area contributed by atoms with E-state index >= 15 is 0 Å². The van der Waals surface area contributed by atoms with E-state index in [2.05, 4.69) is 10.3 Å². The third kappa shape index (κ3) is 4.64. The van der Waals surface area contributed by atoms with Crippen LogP contribution in [-0.2, 0) is 4.74 Å². The summed E-state index contributed by atoms with van der Waals surface area (Å²) in [6, 6.07) is 2.97. The van der Waals surface area contributed by atoms with Crippen molar-refractivity contribution in [1.82, 2.24) is 10.3 Å². The monoisotopic (exact) mass is 302 g/mol. The normalized spacial score (nSPS) is 15.7. The minimum atomic E-state index is -0.221. The van der Waals surface area contributed by atoms with Crippen molar-refractivity contribution in [2.45, 2.75) is 31.8 Å². The van der Waals surface area contributed by atoms with Gasteiger partial charge < -0.3 is 10.1 Å². The maximum absolute atomic E-state index is 11.8. The van der Waals surface area contributed by atoms with Gasteiger partial charge in [0, 0.05) is 12.1 Å². The largest absolute Gasteiger partial charge is 0.376 e. The quantitative estimate of drug-likeness (QED) is 0.672. The number of aromatic nitrogens is 1. The average Bonchev–Trinajstić information content (AvgIpc) is 2.86. The van der Waals surface area contributed by atoms with Crippen LogP contribution in [0.4, 0.5) is 0 Å². The van der Waals surface area contributed by atoms with Crippen molar-refractivity contribution in [2.24, 2.45) is 0 Å². The second-order valence-electron chi connectivity index (χ2n) is 4.53. The summed E-state index contributed by atoms with van der Waals surface area (Å²) in [5, 5.41) is 3.18. The molecule has 6 heteroatoms. The molecule has 104 valence electrons. The number of nitrogens with zero attached hydrogens (tertiary/aromatic N) is 1. The van der Waals surface area contributed by atoms with Gasteiger partial charge in [-0.2, -0.15) is 0 Å². The van der Waals surface area contributed by atoms with Crippen LogP contribution in [0.5, 0.6) is 0 Å². The Morgan fingerprint density at radius 1 is 1.32 bits per heavy atom. The summed E-state index contributed by atoms with van der Waals surface area (Å²) in [7, 11) is 0.